The molecule has 0 atom stereocenters. The van der Waals surface area contributed by atoms with Gasteiger partial charge in [0.05, 0.1) is 5.60 Å². The van der Waals surface area contributed by atoms with Crippen LogP contribution in [0.2, 0.25) is 0 Å². The van der Waals surface area contributed by atoms with E-state index in [1.54, 1.807) is 52.2 Å². The molecule has 0 saturated heterocycles. The highest BCUT2D eigenvalue weighted by Gasteiger charge is 2.13. The number of nitrogens with one attached hydrogen (secondary N) is 1. The van der Waals surface area contributed by atoms with Gasteiger partial charge in [-0.25, -0.2) is 0 Å². The molecule has 144 valence electrons. The summed E-state index contributed by atoms with van der Waals surface area (Å²) in [5.74, 6) is -0.224. The maximum Gasteiger partial charge on any atom is 0.253 e. The molecule has 0 aliphatic rings. The molecule has 0 heterocycles. The molecule has 2 rings (SSSR count). The second-order valence-electron chi connectivity index (χ2n) is 7.59. The molecule has 2 aromatic carbocycles. The van der Waals surface area contributed by atoms with Crippen LogP contribution in [-0.2, 0) is 13.0 Å². The summed E-state index contributed by atoms with van der Waals surface area (Å²) in [5, 5.41) is 12.7. The number of aliphatic hydroxyl groups is 1. The van der Waals surface area contributed by atoms with Gasteiger partial charge in [-0.2, -0.15) is 0 Å². The topological polar surface area (TPSA) is 69.6 Å². The maximum absolute atomic E-state index is 12.3. The minimum absolute atomic E-state index is 0.0650. The van der Waals surface area contributed by atoms with E-state index in [0.29, 0.717) is 24.1 Å². The summed E-state index contributed by atoms with van der Waals surface area (Å²) < 4.78 is 0. The molecule has 0 bridgehead atoms. The van der Waals surface area contributed by atoms with Gasteiger partial charge in [0.15, 0.2) is 0 Å². The van der Waals surface area contributed by atoms with E-state index >= 15 is 0 Å². The summed E-state index contributed by atoms with van der Waals surface area (Å²) in [6, 6.07) is 14.7. The van der Waals surface area contributed by atoms with Crippen molar-refractivity contribution in [2.75, 3.05) is 14.1 Å². The summed E-state index contributed by atoms with van der Waals surface area (Å²) in [4.78, 5) is 25.9. The SMILES string of the molecule is CN(C)C(=O)c1cccc(CNC(=O)c2ccc(CCC(C)(C)O)cc2)c1. The Labute approximate surface area is 161 Å². The number of carbonyl (C=O) groups excluding carboxylic acids is 2. The highest BCUT2D eigenvalue weighted by Crippen LogP contribution is 2.14. The monoisotopic (exact) mass is 368 g/mol. The number of carbonyl (C=O) groups is 2. The van der Waals surface area contributed by atoms with Gasteiger partial charge in [0.1, 0.15) is 0 Å². The Morgan fingerprint density at radius 3 is 2.26 bits per heavy atom. The number of amides is 2. The summed E-state index contributed by atoms with van der Waals surface area (Å²) in [6.07, 6.45) is 1.43. The zero-order chi connectivity index (χ0) is 20.0. The van der Waals surface area contributed by atoms with Crippen LogP contribution in [0.25, 0.3) is 0 Å². The van der Waals surface area contributed by atoms with Crippen LogP contribution in [0.4, 0.5) is 0 Å². The van der Waals surface area contributed by atoms with E-state index in [9.17, 15) is 14.7 Å². The molecule has 27 heavy (non-hydrogen) atoms. The van der Waals surface area contributed by atoms with E-state index in [2.05, 4.69) is 5.32 Å². The first-order valence-corrected chi connectivity index (χ1v) is 9.06. The number of nitrogens with zero attached hydrogens (tertiary/aromatic N) is 1. The maximum atomic E-state index is 12.3. The summed E-state index contributed by atoms with van der Waals surface area (Å²) in [6.45, 7) is 3.93. The van der Waals surface area contributed by atoms with Crippen molar-refractivity contribution in [2.45, 2.75) is 38.8 Å². The average Bonchev–Trinajstić information content (AvgIpc) is 2.63. The Bertz CT molecular complexity index is 790. The van der Waals surface area contributed by atoms with E-state index in [1.807, 2.05) is 24.3 Å². The normalized spacial score (nSPS) is 11.1. The van der Waals surface area contributed by atoms with E-state index in [-0.39, 0.29) is 11.8 Å². The van der Waals surface area contributed by atoms with Crippen molar-refractivity contribution in [1.29, 1.82) is 0 Å². The Morgan fingerprint density at radius 2 is 1.67 bits per heavy atom. The van der Waals surface area contributed by atoms with Crippen LogP contribution in [0.1, 0.15) is 52.1 Å². The third kappa shape index (κ3) is 6.53. The molecule has 0 unspecified atom stereocenters. The van der Waals surface area contributed by atoms with Gasteiger partial charge in [0.25, 0.3) is 11.8 Å². The van der Waals surface area contributed by atoms with Crippen LogP contribution in [0.5, 0.6) is 0 Å². The van der Waals surface area contributed by atoms with Gasteiger partial charge in [-0.05, 0) is 62.1 Å². The second kappa shape index (κ2) is 8.82. The molecule has 5 nitrogen and oxygen atoms in total. The second-order valence-corrected chi connectivity index (χ2v) is 7.59. The molecule has 2 aromatic rings. The van der Waals surface area contributed by atoms with Crippen LogP contribution < -0.4 is 5.32 Å². The predicted molar refractivity (Wildman–Crippen MR) is 107 cm³/mol. The summed E-state index contributed by atoms with van der Waals surface area (Å²) >= 11 is 0. The lowest BCUT2D eigenvalue weighted by Crippen LogP contribution is -2.24. The van der Waals surface area contributed by atoms with Crippen molar-refractivity contribution in [2.24, 2.45) is 0 Å². The van der Waals surface area contributed by atoms with Crippen molar-refractivity contribution < 1.29 is 14.7 Å². The van der Waals surface area contributed by atoms with Crippen molar-refractivity contribution >= 4 is 11.8 Å². The minimum Gasteiger partial charge on any atom is -0.390 e. The number of benzene rings is 2. The highest BCUT2D eigenvalue weighted by molar-refractivity contribution is 5.95. The molecule has 0 spiro atoms. The van der Waals surface area contributed by atoms with Crippen molar-refractivity contribution in [1.82, 2.24) is 10.2 Å². The molecule has 5 heteroatoms. The molecular weight excluding hydrogens is 340 g/mol. The summed E-state index contributed by atoms with van der Waals surface area (Å²) in [7, 11) is 3.42. The molecular formula is C22H28N2O3. The number of aryl methyl sites for hydroxylation is 1. The third-order valence-corrected chi connectivity index (χ3v) is 4.27. The van der Waals surface area contributed by atoms with Gasteiger partial charge in [0.2, 0.25) is 0 Å². The van der Waals surface area contributed by atoms with Gasteiger partial charge >= 0.3 is 0 Å². The highest BCUT2D eigenvalue weighted by atomic mass is 16.3. The molecule has 0 radical (unpaired) electrons. The van der Waals surface area contributed by atoms with Crippen LogP contribution in [0.15, 0.2) is 48.5 Å². The first-order chi connectivity index (χ1) is 12.7. The zero-order valence-corrected chi connectivity index (χ0v) is 16.5. The van der Waals surface area contributed by atoms with Gasteiger partial charge in [-0.3, -0.25) is 9.59 Å². The number of hydrogen-bond donors (Lipinski definition) is 2. The Morgan fingerprint density at radius 1 is 1.00 bits per heavy atom. The largest absolute Gasteiger partial charge is 0.390 e. The number of hydrogen-bond acceptors (Lipinski definition) is 3. The fourth-order valence-corrected chi connectivity index (χ4v) is 2.63. The first kappa shape index (κ1) is 20.6. The standard InChI is InChI=1S/C22H28N2O3/c1-22(2,27)13-12-16-8-10-18(11-9-16)20(25)23-15-17-6-5-7-19(14-17)21(26)24(3)4/h5-11,14,27H,12-13,15H2,1-4H3,(H,23,25). The van der Waals surface area contributed by atoms with Crippen LogP contribution in [-0.4, -0.2) is 41.5 Å². The lowest BCUT2D eigenvalue weighted by atomic mass is 9.98. The van der Waals surface area contributed by atoms with Crippen LogP contribution in [0.3, 0.4) is 0 Å². The van der Waals surface area contributed by atoms with Gasteiger partial charge in [-0.15, -0.1) is 0 Å². The molecule has 0 aliphatic carbocycles. The molecule has 0 saturated carbocycles. The molecule has 0 fully saturated rings. The van der Waals surface area contributed by atoms with Crippen molar-refractivity contribution in [3.63, 3.8) is 0 Å². The summed E-state index contributed by atoms with van der Waals surface area (Å²) in [5.41, 5.74) is 2.45. The molecule has 0 aliphatic heterocycles. The quantitative estimate of drug-likeness (QED) is 0.789. The van der Waals surface area contributed by atoms with E-state index in [1.165, 1.54) is 4.90 Å². The molecule has 0 aromatic heterocycles. The smallest absolute Gasteiger partial charge is 0.253 e. The lowest BCUT2D eigenvalue weighted by molar-refractivity contribution is 0.0713. The Hall–Kier alpha value is -2.66. The molecule has 2 amide bonds. The Kier molecular flexibility index (Phi) is 6.75. The van der Waals surface area contributed by atoms with Gasteiger partial charge in [0, 0.05) is 31.8 Å². The van der Waals surface area contributed by atoms with E-state index < -0.39 is 5.60 Å². The van der Waals surface area contributed by atoms with Crippen molar-refractivity contribution in [3.05, 3.63) is 70.8 Å². The average molecular weight is 368 g/mol. The fourth-order valence-electron chi connectivity index (χ4n) is 2.63. The van der Waals surface area contributed by atoms with E-state index in [0.717, 1.165) is 17.5 Å². The third-order valence-electron chi connectivity index (χ3n) is 4.27. The predicted octanol–water partition coefficient (Wildman–Crippen LogP) is 3.02. The number of rotatable bonds is 7. The lowest BCUT2D eigenvalue weighted by Gasteiger charge is -2.16. The van der Waals surface area contributed by atoms with E-state index in [4.69, 9.17) is 0 Å². The van der Waals surface area contributed by atoms with Gasteiger partial charge < -0.3 is 15.3 Å². The van der Waals surface area contributed by atoms with Crippen LogP contribution >= 0.6 is 0 Å². The fraction of sp³-hybridized carbons (Fsp3) is 0.364. The van der Waals surface area contributed by atoms with Crippen molar-refractivity contribution in [3.8, 4) is 0 Å². The van der Waals surface area contributed by atoms with Gasteiger partial charge in [-0.1, -0.05) is 24.3 Å². The zero-order valence-electron chi connectivity index (χ0n) is 16.5. The Balaban J connectivity index is 1.94. The molecule has 2 N–H and O–H groups in total. The van der Waals surface area contributed by atoms with Crippen LogP contribution in [0, 0.1) is 0 Å². The first-order valence-electron chi connectivity index (χ1n) is 9.06. The minimum atomic E-state index is -0.696.